The summed E-state index contributed by atoms with van der Waals surface area (Å²) in [7, 11) is 0. The molecule has 1 unspecified atom stereocenters. The van der Waals surface area contributed by atoms with Gasteiger partial charge in [0.15, 0.2) is 0 Å². The lowest BCUT2D eigenvalue weighted by Gasteiger charge is -2.36. The van der Waals surface area contributed by atoms with Gasteiger partial charge in [-0.1, -0.05) is 0 Å². The number of piperidine rings is 1. The van der Waals surface area contributed by atoms with Crippen molar-refractivity contribution in [2.45, 2.75) is 25.2 Å². The van der Waals surface area contributed by atoms with Crippen LogP contribution >= 0.6 is 0 Å². The van der Waals surface area contributed by atoms with Gasteiger partial charge in [0.1, 0.15) is 6.33 Å². The SMILES string of the molecule is Cc1cc(C2CN(C(=O)O)CC(F)(F)C2)n2ncnc2n1. The molecule has 0 bridgehead atoms. The highest BCUT2D eigenvalue weighted by Gasteiger charge is 2.43. The lowest BCUT2D eigenvalue weighted by atomic mass is 9.92. The van der Waals surface area contributed by atoms with Gasteiger partial charge in [0.25, 0.3) is 11.7 Å². The van der Waals surface area contributed by atoms with Crippen molar-refractivity contribution < 1.29 is 18.7 Å². The topological polar surface area (TPSA) is 83.6 Å². The van der Waals surface area contributed by atoms with Gasteiger partial charge in [0.2, 0.25) is 0 Å². The maximum atomic E-state index is 13.8. The molecule has 0 saturated carbocycles. The molecule has 0 aliphatic carbocycles. The molecule has 2 aromatic rings. The number of hydrogen-bond donors (Lipinski definition) is 1. The first-order valence-corrected chi connectivity index (χ1v) is 6.39. The maximum Gasteiger partial charge on any atom is 0.407 e. The van der Waals surface area contributed by atoms with Crippen LogP contribution in [0, 0.1) is 6.92 Å². The van der Waals surface area contributed by atoms with E-state index in [1.807, 2.05) is 0 Å². The minimum atomic E-state index is -3.06. The quantitative estimate of drug-likeness (QED) is 0.863. The normalized spacial score (nSPS) is 21.7. The molecule has 7 nitrogen and oxygen atoms in total. The number of aromatic nitrogens is 4. The van der Waals surface area contributed by atoms with E-state index in [1.165, 1.54) is 10.8 Å². The predicted octanol–water partition coefficient (Wildman–Crippen LogP) is 1.54. The lowest BCUT2D eigenvalue weighted by Crippen LogP contribution is -2.48. The van der Waals surface area contributed by atoms with E-state index in [9.17, 15) is 13.6 Å². The summed E-state index contributed by atoms with van der Waals surface area (Å²) >= 11 is 0. The third kappa shape index (κ3) is 2.50. The molecule has 21 heavy (non-hydrogen) atoms. The van der Waals surface area contributed by atoms with Crippen LogP contribution in [0.4, 0.5) is 13.6 Å². The lowest BCUT2D eigenvalue weighted by molar-refractivity contribution is -0.0657. The number of fused-ring (bicyclic) bond motifs is 1. The summed E-state index contributed by atoms with van der Waals surface area (Å²) in [5.41, 5.74) is 1.13. The van der Waals surface area contributed by atoms with Crippen molar-refractivity contribution in [3.05, 3.63) is 23.8 Å². The number of hydrogen-bond acceptors (Lipinski definition) is 4. The Morgan fingerprint density at radius 2 is 2.29 bits per heavy atom. The molecule has 0 radical (unpaired) electrons. The first-order valence-electron chi connectivity index (χ1n) is 6.39. The molecule has 2 aromatic heterocycles. The van der Waals surface area contributed by atoms with E-state index in [0.717, 1.165) is 4.90 Å². The highest BCUT2D eigenvalue weighted by atomic mass is 19.3. The van der Waals surface area contributed by atoms with E-state index in [2.05, 4.69) is 15.1 Å². The average molecular weight is 297 g/mol. The molecule has 1 atom stereocenters. The van der Waals surface area contributed by atoms with Crippen LogP contribution in [0.5, 0.6) is 0 Å². The Balaban J connectivity index is 2.04. The number of likely N-dealkylation sites (tertiary alicyclic amines) is 1. The number of amides is 1. The predicted molar refractivity (Wildman–Crippen MR) is 67.4 cm³/mol. The number of aryl methyl sites for hydroxylation is 1. The number of rotatable bonds is 1. The molecule has 1 saturated heterocycles. The highest BCUT2D eigenvalue weighted by Crippen LogP contribution is 2.36. The fourth-order valence-corrected chi connectivity index (χ4v) is 2.69. The number of carbonyl (C=O) groups is 1. The van der Waals surface area contributed by atoms with E-state index in [0.29, 0.717) is 17.2 Å². The zero-order valence-corrected chi connectivity index (χ0v) is 11.2. The summed E-state index contributed by atoms with van der Waals surface area (Å²) in [4.78, 5) is 19.9. The molecular formula is C12H13F2N5O2. The molecule has 1 amide bonds. The Morgan fingerprint density at radius 1 is 1.52 bits per heavy atom. The molecule has 1 N–H and O–H groups in total. The molecule has 1 aliphatic rings. The molecule has 0 spiro atoms. The molecule has 112 valence electrons. The molecule has 1 fully saturated rings. The Bertz CT molecular complexity index is 702. The summed E-state index contributed by atoms with van der Waals surface area (Å²) in [6.07, 6.45) is -0.476. The summed E-state index contributed by atoms with van der Waals surface area (Å²) < 4.78 is 29.0. The van der Waals surface area contributed by atoms with E-state index < -0.39 is 30.9 Å². The fraction of sp³-hybridized carbons (Fsp3) is 0.500. The van der Waals surface area contributed by atoms with Crippen LogP contribution in [0.2, 0.25) is 0 Å². The average Bonchev–Trinajstić information content (AvgIpc) is 2.83. The Morgan fingerprint density at radius 3 is 3.00 bits per heavy atom. The highest BCUT2D eigenvalue weighted by molar-refractivity contribution is 5.65. The molecule has 9 heteroatoms. The van der Waals surface area contributed by atoms with Gasteiger partial charge in [-0.2, -0.15) is 10.1 Å². The third-order valence-electron chi connectivity index (χ3n) is 3.50. The molecule has 1 aliphatic heterocycles. The second kappa shape index (κ2) is 4.61. The monoisotopic (exact) mass is 297 g/mol. The number of nitrogens with zero attached hydrogens (tertiary/aromatic N) is 5. The summed E-state index contributed by atoms with van der Waals surface area (Å²) in [5.74, 6) is -3.40. The number of alkyl halides is 2. The van der Waals surface area contributed by atoms with Crippen LogP contribution < -0.4 is 0 Å². The van der Waals surface area contributed by atoms with Gasteiger partial charge in [0.05, 0.1) is 12.2 Å². The zero-order chi connectivity index (χ0) is 15.2. The number of halogens is 2. The van der Waals surface area contributed by atoms with E-state index in [-0.39, 0.29) is 6.54 Å². The van der Waals surface area contributed by atoms with Crippen molar-refractivity contribution in [2.75, 3.05) is 13.1 Å². The van der Waals surface area contributed by atoms with Gasteiger partial charge in [-0.25, -0.2) is 23.1 Å². The van der Waals surface area contributed by atoms with Gasteiger partial charge in [-0.15, -0.1) is 0 Å². The van der Waals surface area contributed by atoms with Crippen LogP contribution in [-0.4, -0.2) is 54.7 Å². The molecule has 3 heterocycles. The van der Waals surface area contributed by atoms with Crippen molar-refractivity contribution in [3.63, 3.8) is 0 Å². The Hall–Kier alpha value is -2.32. The van der Waals surface area contributed by atoms with Crippen molar-refractivity contribution in [1.29, 1.82) is 0 Å². The second-order valence-electron chi connectivity index (χ2n) is 5.21. The minimum absolute atomic E-state index is 0.00331. The Kier molecular flexibility index (Phi) is 2.99. The van der Waals surface area contributed by atoms with Gasteiger partial charge < -0.3 is 10.0 Å². The van der Waals surface area contributed by atoms with Crippen LogP contribution in [-0.2, 0) is 0 Å². The van der Waals surface area contributed by atoms with Crippen molar-refractivity contribution in [3.8, 4) is 0 Å². The van der Waals surface area contributed by atoms with Crippen LogP contribution in [0.1, 0.15) is 23.7 Å². The van der Waals surface area contributed by atoms with Gasteiger partial charge in [0, 0.05) is 24.6 Å². The van der Waals surface area contributed by atoms with Crippen molar-refractivity contribution >= 4 is 11.9 Å². The third-order valence-corrected chi connectivity index (χ3v) is 3.50. The molecular weight excluding hydrogens is 284 g/mol. The minimum Gasteiger partial charge on any atom is -0.465 e. The molecule has 0 aromatic carbocycles. The Labute approximate surface area is 118 Å². The first-order chi connectivity index (χ1) is 9.85. The fourth-order valence-electron chi connectivity index (χ4n) is 2.69. The molecule has 3 rings (SSSR count). The second-order valence-corrected chi connectivity index (χ2v) is 5.21. The van der Waals surface area contributed by atoms with E-state index in [4.69, 9.17) is 5.11 Å². The largest absolute Gasteiger partial charge is 0.465 e. The number of carboxylic acid groups (broad SMARTS) is 1. The zero-order valence-electron chi connectivity index (χ0n) is 11.2. The van der Waals surface area contributed by atoms with Crippen LogP contribution in [0.15, 0.2) is 12.4 Å². The van der Waals surface area contributed by atoms with Crippen LogP contribution in [0.25, 0.3) is 5.78 Å². The van der Waals surface area contributed by atoms with Crippen molar-refractivity contribution in [2.24, 2.45) is 0 Å². The summed E-state index contributed by atoms with van der Waals surface area (Å²) in [6, 6.07) is 1.65. The standard InChI is InChI=1S/C12H13F2N5O2/c1-7-2-9(19-10(17-7)15-6-16-19)8-3-12(13,14)5-18(4-8)11(20)21/h2,6,8H,3-5H2,1H3,(H,20,21). The van der Waals surface area contributed by atoms with Crippen LogP contribution in [0.3, 0.4) is 0 Å². The van der Waals surface area contributed by atoms with Crippen molar-refractivity contribution in [1.82, 2.24) is 24.5 Å². The first kappa shape index (κ1) is 13.7. The van der Waals surface area contributed by atoms with Gasteiger partial charge in [-0.05, 0) is 13.0 Å². The smallest absolute Gasteiger partial charge is 0.407 e. The van der Waals surface area contributed by atoms with E-state index >= 15 is 0 Å². The van der Waals surface area contributed by atoms with E-state index in [1.54, 1.807) is 13.0 Å². The van der Waals surface area contributed by atoms with Gasteiger partial charge in [-0.3, -0.25) is 0 Å². The van der Waals surface area contributed by atoms with Gasteiger partial charge >= 0.3 is 6.09 Å². The summed E-state index contributed by atoms with van der Waals surface area (Å²) in [5, 5.41) is 13.0. The summed E-state index contributed by atoms with van der Waals surface area (Å²) in [6.45, 7) is 0.959. The maximum absolute atomic E-state index is 13.8.